The van der Waals surface area contributed by atoms with E-state index in [4.69, 9.17) is 0 Å². The second-order valence-electron chi connectivity index (χ2n) is 5.96. The number of nitrogens with zero attached hydrogens (tertiary/aromatic N) is 1. The van der Waals surface area contributed by atoms with E-state index in [1.807, 2.05) is 0 Å². The topological polar surface area (TPSA) is 15.3 Å². The molecule has 1 heterocycles. The minimum absolute atomic E-state index is 0.541. The molecule has 2 unspecified atom stereocenters. The molecular weight excluding hydrogens is 232 g/mol. The van der Waals surface area contributed by atoms with Crippen molar-refractivity contribution >= 4 is 0 Å². The predicted molar refractivity (Wildman–Crippen MR) is 80.4 cm³/mol. The Morgan fingerprint density at radius 3 is 2.58 bits per heavy atom. The standard InChI is InChI=1S/C17H26N2/c1-2-18-17-15-10-6-5-9-14(15)13-16(17)19-11-7-3-4-8-12-19/h5-6,9-10,16-18H,2-4,7-8,11-13H2,1H3. The Kier molecular flexibility index (Phi) is 4.19. The van der Waals surface area contributed by atoms with Crippen molar-refractivity contribution in [1.29, 1.82) is 0 Å². The largest absolute Gasteiger partial charge is 0.309 e. The summed E-state index contributed by atoms with van der Waals surface area (Å²) >= 11 is 0. The van der Waals surface area contributed by atoms with Crippen molar-refractivity contribution in [2.75, 3.05) is 19.6 Å². The number of benzene rings is 1. The third-order valence-corrected chi connectivity index (χ3v) is 4.74. The van der Waals surface area contributed by atoms with Gasteiger partial charge in [-0.1, -0.05) is 44.0 Å². The molecule has 1 N–H and O–H groups in total. The molecule has 0 saturated carbocycles. The first-order valence-electron chi connectivity index (χ1n) is 7.95. The minimum atomic E-state index is 0.541. The molecule has 1 aliphatic heterocycles. The van der Waals surface area contributed by atoms with Gasteiger partial charge in [0.2, 0.25) is 0 Å². The Bertz CT molecular complexity index is 407. The van der Waals surface area contributed by atoms with E-state index in [1.165, 1.54) is 45.2 Å². The van der Waals surface area contributed by atoms with Crippen molar-refractivity contribution in [2.45, 2.75) is 51.1 Å². The molecule has 0 radical (unpaired) electrons. The summed E-state index contributed by atoms with van der Waals surface area (Å²) in [7, 11) is 0. The zero-order valence-corrected chi connectivity index (χ0v) is 12.1. The van der Waals surface area contributed by atoms with Gasteiger partial charge in [-0.05, 0) is 50.0 Å². The highest BCUT2D eigenvalue weighted by Gasteiger charge is 2.35. The normalized spacial score (nSPS) is 28.1. The van der Waals surface area contributed by atoms with Crippen LogP contribution in [0.5, 0.6) is 0 Å². The Labute approximate surface area is 117 Å². The van der Waals surface area contributed by atoms with E-state index >= 15 is 0 Å². The van der Waals surface area contributed by atoms with Crippen LogP contribution >= 0.6 is 0 Å². The molecule has 0 aromatic heterocycles. The van der Waals surface area contributed by atoms with E-state index in [0.29, 0.717) is 12.1 Å². The van der Waals surface area contributed by atoms with Crippen LogP contribution in [0.2, 0.25) is 0 Å². The van der Waals surface area contributed by atoms with Crippen LogP contribution in [0.4, 0.5) is 0 Å². The Hall–Kier alpha value is -0.860. The maximum atomic E-state index is 3.73. The summed E-state index contributed by atoms with van der Waals surface area (Å²) in [6.07, 6.45) is 6.83. The molecule has 2 heteroatoms. The van der Waals surface area contributed by atoms with Crippen molar-refractivity contribution < 1.29 is 0 Å². The fraction of sp³-hybridized carbons (Fsp3) is 0.647. The first-order chi connectivity index (χ1) is 9.40. The lowest BCUT2D eigenvalue weighted by Gasteiger charge is -2.32. The van der Waals surface area contributed by atoms with Crippen LogP contribution in [0, 0.1) is 0 Å². The molecular formula is C17H26N2. The van der Waals surface area contributed by atoms with Gasteiger partial charge in [0, 0.05) is 12.1 Å². The third kappa shape index (κ3) is 2.70. The zero-order valence-electron chi connectivity index (χ0n) is 12.1. The SMILES string of the molecule is CCNC1c2ccccc2CC1N1CCCCCC1. The van der Waals surface area contributed by atoms with Crippen LogP contribution < -0.4 is 5.32 Å². The molecule has 1 aromatic rings. The van der Waals surface area contributed by atoms with Gasteiger partial charge in [0.05, 0.1) is 0 Å². The molecule has 1 aromatic carbocycles. The van der Waals surface area contributed by atoms with Crippen LogP contribution in [0.15, 0.2) is 24.3 Å². The van der Waals surface area contributed by atoms with Gasteiger partial charge in [0.15, 0.2) is 0 Å². The quantitative estimate of drug-likeness (QED) is 0.896. The molecule has 1 fully saturated rings. The second-order valence-corrected chi connectivity index (χ2v) is 5.96. The molecule has 104 valence electrons. The Morgan fingerprint density at radius 1 is 1.11 bits per heavy atom. The van der Waals surface area contributed by atoms with E-state index in [1.54, 1.807) is 11.1 Å². The monoisotopic (exact) mass is 258 g/mol. The smallest absolute Gasteiger partial charge is 0.0484 e. The van der Waals surface area contributed by atoms with Crippen molar-refractivity contribution in [3.63, 3.8) is 0 Å². The molecule has 2 nitrogen and oxygen atoms in total. The Morgan fingerprint density at radius 2 is 1.84 bits per heavy atom. The van der Waals surface area contributed by atoms with E-state index in [9.17, 15) is 0 Å². The van der Waals surface area contributed by atoms with Crippen LogP contribution in [-0.4, -0.2) is 30.6 Å². The molecule has 0 amide bonds. The summed E-state index contributed by atoms with van der Waals surface area (Å²) in [5, 5.41) is 3.73. The summed E-state index contributed by atoms with van der Waals surface area (Å²) in [5.74, 6) is 0. The summed E-state index contributed by atoms with van der Waals surface area (Å²) in [4.78, 5) is 2.75. The maximum absolute atomic E-state index is 3.73. The van der Waals surface area contributed by atoms with Crippen LogP contribution in [0.25, 0.3) is 0 Å². The molecule has 19 heavy (non-hydrogen) atoms. The molecule has 3 rings (SSSR count). The van der Waals surface area contributed by atoms with Gasteiger partial charge >= 0.3 is 0 Å². The van der Waals surface area contributed by atoms with E-state index in [2.05, 4.69) is 41.4 Å². The predicted octanol–water partition coefficient (Wildman–Crippen LogP) is 3.14. The molecule has 1 saturated heterocycles. The van der Waals surface area contributed by atoms with Gasteiger partial charge < -0.3 is 5.32 Å². The second kappa shape index (κ2) is 6.06. The molecule has 2 atom stereocenters. The fourth-order valence-electron chi connectivity index (χ4n) is 3.81. The highest BCUT2D eigenvalue weighted by Crippen LogP contribution is 2.35. The van der Waals surface area contributed by atoms with Gasteiger partial charge in [-0.3, -0.25) is 4.90 Å². The van der Waals surface area contributed by atoms with Gasteiger partial charge in [-0.2, -0.15) is 0 Å². The molecule has 1 aliphatic carbocycles. The lowest BCUT2D eigenvalue weighted by molar-refractivity contribution is 0.172. The highest BCUT2D eigenvalue weighted by atomic mass is 15.2. The number of rotatable bonds is 3. The lowest BCUT2D eigenvalue weighted by atomic mass is 10.1. The molecule has 2 aliphatic rings. The third-order valence-electron chi connectivity index (χ3n) is 4.74. The summed E-state index contributed by atoms with van der Waals surface area (Å²) in [6, 6.07) is 10.2. The van der Waals surface area contributed by atoms with Crippen molar-refractivity contribution in [1.82, 2.24) is 10.2 Å². The number of likely N-dealkylation sites (N-methyl/N-ethyl adjacent to an activating group) is 1. The fourth-order valence-corrected chi connectivity index (χ4v) is 3.81. The number of nitrogens with one attached hydrogen (secondary N) is 1. The maximum Gasteiger partial charge on any atom is 0.0484 e. The number of hydrogen-bond donors (Lipinski definition) is 1. The number of hydrogen-bond acceptors (Lipinski definition) is 2. The van der Waals surface area contributed by atoms with Crippen LogP contribution in [-0.2, 0) is 6.42 Å². The first-order valence-corrected chi connectivity index (χ1v) is 7.95. The zero-order chi connectivity index (χ0) is 13.1. The minimum Gasteiger partial charge on any atom is -0.309 e. The summed E-state index contributed by atoms with van der Waals surface area (Å²) < 4.78 is 0. The average molecular weight is 258 g/mol. The summed E-state index contributed by atoms with van der Waals surface area (Å²) in [5.41, 5.74) is 3.10. The Balaban J connectivity index is 1.81. The van der Waals surface area contributed by atoms with E-state index in [0.717, 1.165) is 6.54 Å². The first kappa shape index (κ1) is 13.1. The van der Waals surface area contributed by atoms with Crippen LogP contribution in [0.1, 0.15) is 49.8 Å². The van der Waals surface area contributed by atoms with Gasteiger partial charge in [-0.25, -0.2) is 0 Å². The van der Waals surface area contributed by atoms with Crippen molar-refractivity contribution in [2.24, 2.45) is 0 Å². The number of likely N-dealkylation sites (tertiary alicyclic amines) is 1. The molecule has 0 spiro atoms. The van der Waals surface area contributed by atoms with Crippen LogP contribution in [0.3, 0.4) is 0 Å². The van der Waals surface area contributed by atoms with Gasteiger partial charge in [0.25, 0.3) is 0 Å². The van der Waals surface area contributed by atoms with Crippen molar-refractivity contribution in [3.05, 3.63) is 35.4 Å². The molecule has 0 bridgehead atoms. The van der Waals surface area contributed by atoms with E-state index in [-0.39, 0.29) is 0 Å². The highest BCUT2D eigenvalue weighted by molar-refractivity contribution is 5.37. The average Bonchev–Trinajstić information content (AvgIpc) is 2.64. The van der Waals surface area contributed by atoms with E-state index < -0.39 is 0 Å². The lowest BCUT2D eigenvalue weighted by Crippen LogP contribution is -2.43. The summed E-state index contributed by atoms with van der Waals surface area (Å²) in [6.45, 7) is 5.87. The van der Waals surface area contributed by atoms with Gasteiger partial charge in [0.1, 0.15) is 0 Å². The number of fused-ring (bicyclic) bond motifs is 1. The van der Waals surface area contributed by atoms with Gasteiger partial charge in [-0.15, -0.1) is 0 Å². The van der Waals surface area contributed by atoms with Crippen molar-refractivity contribution in [3.8, 4) is 0 Å².